The van der Waals surface area contributed by atoms with Crippen molar-refractivity contribution < 1.29 is 17.6 Å². The highest BCUT2D eigenvalue weighted by molar-refractivity contribution is 6.05. The monoisotopic (exact) mass is 439 g/mol. The Kier molecular flexibility index (Phi) is 3.62. The Morgan fingerprint density at radius 3 is 2.53 bits per heavy atom. The van der Waals surface area contributed by atoms with Crippen molar-refractivity contribution in [3.8, 4) is 22.6 Å². The maximum absolute atomic E-state index is 14.7. The molecule has 0 bridgehead atoms. The third-order valence-corrected chi connectivity index (χ3v) is 5.45. The topological polar surface area (TPSA) is 79.8 Å². The van der Waals surface area contributed by atoms with Crippen molar-refractivity contribution in [2.75, 3.05) is 7.11 Å². The Bertz CT molecular complexity index is 1680. The summed E-state index contributed by atoms with van der Waals surface area (Å²) in [5, 5.41) is 4.50. The fourth-order valence-corrected chi connectivity index (χ4v) is 3.95. The first kappa shape index (κ1) is 16.6. The molecule has 0 saturated carbocycles. The van der Waals surface area contributed by atoms with Gasteiger partial charge in [0.1, 0.15) is 11.4 Å². The molecule has 1 aromatic carbocycles. The Hall–Kier alpha value is -4.08. The fraction of sp³-hybridized carbons (Fsp3) is 0.182. The molecule has 0 amide bonds. The lowest BCUT2D eigenvalue weighted by atomic mass is 10.0. The number of aryl methyl sites for hydroxylation is 3. The van der Waals surface area contributed by atoms with Crippen molar-refractivity contribution in [2.45, 2.75) is 6.92 Å². The third-order valence-electron chi connectivity index (χ3n) is 5.45. The molecule has 0 N–H and O–H groups in total. The number of benzene rings is 1. The van der Waals surface area contributed by atoms with Gasteiger partial charge in [-0.25, -0.2) is 13.6 Å². The minimum atomic E-state index is -2.49. The molecule has 162 valence electrons. The van der Waals surface area contributed by atoms with Gasteiger partial charge >= 0.3 is 5.69 Å². The van der Waals surface area contributed by atoms with Crippen LogP contribution in [0.15, 0.2) is 41.7 Å². The first-order chi connectivity index (χ1) is 16.5. The highest BCUT2D eigenvalue weighted by Gasteiger charge is 2.23. The van der Waals surface area contributed by atoms with Crippen LogP contribution in [0.2, 0.25) is 0 Å². The van der Waals surface area contributed by atoms with Crippen molar-refractivity contribution >= 4 is 21.9 Å². The molecule has 8 nitrogen and oxygen atoms in total. The van der Waals surface area contributed by atoms with Gasteiger partial charge in [-0.05, 0) is 13.0 Å². The van der Waals surface area contributed by atoms with Crippen LogP contribution < -0.4 is 10.4 Å². The average Bonchev–Trinajstić information content (AvgIpc) is 3.31. The average molecular weight is 439 g/mol. The van der Waals surface area contributed by atoms with Crippen LogP contribution in [0.5, 0.6) is 5.75 Å². The molecule has 0 atom stereocenters. The van der Waals surface area contributed by atoms with Crippen LogP contribution in [0.3, 0.4) is 0 Å². The molecule has 0 saturated heterocycles. The van der Waals surface area contributed by atoms with Crippen molar-refractivity contribution in [2.24, 2.45) is 14.0 Å². The summed E-state index contributed by atoms with van der Waals surface area (Å²) in [5.74, 6) is -1.63. The van der Waals surface area contributed by atoms with Crippen LogP contribution in [0.1, 0.15) is 9.81 Å². The van der Waals surface area contributed by atoms with E-state index in [9.17, 15) is 13.6 Å². The molecule has 0 radical (unpaired) electrons. The molecule has 5 rings (SSSR count). The standard InChI is InChI=1S/C22H18F2N6O2/c1-11-14(10-28(2)27-11)12-5-13-17(6-19(12)32-4)26-9-18-20(13)30(22(31)29(18)3)21-15(23)7-25-8-16(21)24/h5-10H,1-4H3/i2D3. The molecule has 10 heteroatoms. The lowest BCUT2D eigenvalue weighted by Gasteiger charge is -2.12. The summed E-state index contributed by atoms with van der Waals surface area (Å²) in [4.78, 5) is 21.0. The molecule has 4 aromatic heterocycles. The summed E-state index contributed by atoms with van der Waals surface area (Å²) >= 11 is 0. The summed E-state index contributed by atoms with van der Waals surface area (Å²) in [6.07, 6.45) is 4.46. The highest BCUT2D eigenvalue weighted by atomic mass is 19.1. The van der Waals surface area contributed by atoms with Crippen LogP contribution in [0.25, 0.3) is 38.8 Å². The Morgan fingerprint density at radius 1 is 1.12 bits per heavy atom. The Labute approximate surface area is 184 Å². The minimum Gasteiger partial charge on any atom is -0.496 e. The summed E-state index contributed by atoms with van der Waals surface area (Å²) in [6.45, 7) is -0.835. The number of methoxy groups -OCH3 is 1. The van der Waals surface area contributed by atoms with E-state index in [2.05, 4.69) is 15.1 Å². The maximum atomic E-state index is 14.7. The van der Waals surface area contributed by atoms with E-state index in [-0.39, 0.29) is 5.52 Å². The number of ether oxygens (including phenoxy) is 1. The molecular formula is C22H18F2N6O2. The van der Waals surface area contributed by atoms with Crippen molar-refractivity contribution in [3.63, 3.8) is 0 Å². The fourth-order valence-electron chi connectivity index (χ4n) is 3.95. The maximum Gasteiger partial charge on any atom is 0.333 e. The first-order valence-electron chi connectivity index (χ1n) is 11.0. The van der Waals surface area contributed by atoms with Gasteiger partial charge < -0.3 is 4.74 Å². The van der Waals surface area contributed by atoms with Gasteiger partial charge in [-0.1, -0.05) is 0 Å². The van der Waals surface area contributed by atoms with Gasteiger partial charge in [0.15, 0.2) is 11.6 Å². The molecule has 4 heterocycles. The molecule has 5 aromatic rings. The number of nitrogens with zero attached hydrogens (tertiary/aromatic N) is 6. The van der Waals surface area contributed by atoms with Crippen LogP contribution in [-0.4, -0.2) is 36.0 Å². The second-order valence-corrected chi connectivity index (χ2v) is 7.26. The molecule has 0 fully saturated rings. The summed E-state index contributed by atoms with van der Waals surface area (Å²) in [6, 6.07) is 3.25. The van der Waals surface area contributed by atoms with Crippen LogP contribution in [-0.2, 0) is 14.0 Å². The Morgan fingerprint density at radius 2 is 1.88 bits per heavy atom. The molecule has 0 aliphatic carbocycles. The minimum absolute atomic E-state index is 0.219. The van der Waals surface area contributed by atoms with Gasteiger partial charge in [-0.2, -0.15) is 5.10 Å². The van der Waals surface area contributed by atoms with E-state index in [4.69, 9.17) is 8.85 Å². The molecule has 0 spiro atoms. The van der Waals surface area contributed by atoms with Crippen LogP contribution in [0, 0.1) is 18.6 Å². The normalized spacial score (nSPS) is 13.3. The number of rotatable bonds is 3. The van der Waals surface area contributed by atoms with E-state index in [0.29, 0.717) is 39.0 Å². The van der Waals surface area contributed by atoms with Gasteiger partial charge in [0.2, 0.25) is 0 Å². The summed E-state index contributed by atoms with van der Waals surface area (Å²) < 4.78 is 61.0. The summed E-state index contributed by atoms with van der Waals surface area (Å²) in [7, 11) is 2.92. The van der Waals surface area contributed by atoms with E-state index in [0.717, 1.165) is 21.6 Å². The lowest BCUT2D eigenvalue weighted by Crippen LogP contribution is -2.22. The predicted octanol–water partition coefficient (Wildman–Crippen LogP) is 3.27. The molecule has 0 aliphatic rings. The smallest absolute Gasteiger partial charge is 0.333 e. The number of fused-ring (bicyclic) bond motifs is 3. The molecule has 32 heavy (non-hydrogen) atoms. The van der Waals surface area contributed by atoms with E-state index >= 15 is 0 Å². The highest BCUT2D eigenvalue weighted by Crippen LogP contribution is 2.37. The second kappa shape index (κ2) is 6.98. The zero-order chi connectivity index (χ0) is 25.2. The molecular weight excluding hydrogens is 418 g/mol. The van der Waals surface area contributed by atoms with Crippen LogP contribution >= 0.6 is 0 Å². The van der Waals surface area contributed by atoms with Crippen molar-refractivity contribution in [3.05, 3.63) is 64.7 Å². The number of halogens is 2. The molecule has 0 aliphatic heterocycles. The SMILES string of the molecule is [2H]C([2H])([2H])n1cc(-c2cc3c(cc2OC)ncc2c3n(-c3c(F)cncc3F)c(=O)n2C)c(C)n1. The van der Waals surface area contributed by atoms with E-state index < -0.39 is 30.0 Å². The van der Waals surface area contributed by atoms with Crippen molar-refractivity contribution in [1.82, 2.24) is 28.9 Å². The van der Waals surface area contributed by atoms with Gasteiger partial charge in [0, 0.05) is 46.9 Å². The second-order valence-electron chi connectivity index (χ2n) is 7.26. The first-order valence-corrected chi connectivity index (χ1v) is 9.47. The zero-order valence-corrected chi connectivity index (χ0v) is 17.2. The zero-order valence-electron chi connectivity index (χ0n) is 20.2. The molecule has 0 unspecified atom stereocenters. The van der Waals surface area contributed by atoms with Gasteiger partial charge in [0.05, 0.1) is 47.9 Å². The van der Waals surface area contributed by atoms with Crippen molar-refractivity contribution in [1.29, 1.82) is 0 Å². The number of imidazole rings is 1. The number of aromatic nitrogens is 6. The number of pyridine rings is 2. The lowest BCUT2D eigenvalue weighted by molar-refractivity contribution is 0.417. The van der Waals surface area contributed by atoms with Gasteiger partial charge in [-0.15, -0.1) is 0 Å². The van der Waals surface area contributed by atoms with E-state index in [1.54, 1.807) is 19.1 Å². The van der Waals surface area contributed by atoms with E-state index in [1.807, 2.05) is 0 Å². The number of hydrogen-bond donors (Lipinski definition) is 0. The largest absolute Gasteiger partial charge is 0.496 e. The third kappa shape index (κ3) is 2.72. The Balaban J connectivity index is 1.92. The van der Waals surface area contributed by atoms with E-state index in [1.165, 1.54) is 31.1 Å². The summed E-state index contributed by atoms with van der Waals surface area (Å²) in [5.41, 5.74) is 1.09. The van der Waals surface area contributed by atoms with Crippen LogP contribution in [0.4, 0.5) is 8.78 Å². The predicted molar refractivity (Wildman–Crippen MR) is 115 cm³/mol. The quantitative estimate of drug-likeness (QED) is 0.431. The van der Waals surface area contributed by atoms with Gasteiger partial charge in [0.25, 0.3) is 0 Å². The van der Waals surface area contributed by atoms with Gasteiger partial charge in [-0.3, -0.25) is 23.8 Å². The number of hydrogen-bond acceptors (Lipinski definition) is 5.